The zero-order chi connectivity index (χ0) is 17.1. The van der Waals surface area contributed by atoms with Crippen LogP contribution in [0.25, 0.3) is 22.1 Å². The van der Waals surface area contributed by atoms with Gasteiger partial charge in [-0.1, -0.05) is 30.3 Å². The van der Waals surface area contributed by atoms with Crippen LogP contribution in [0.1, 0.15) is 19.4 Å². The molecule has 0 atom stereocenters. The molecule has 2 N–H and O–H groups in total. The summed E-state index contributed by atoms with van der Waals surface area (Å²) in [6.07, 6.45) is 0. The molecule has 124 valence electrons. The maximum absolute atomic E-state index is 12.1. The van der Waals surface area contributed by atoms with Crippen LogP contribution in [0.2, 0.25) is 0 Å². The van der Waals surface area contributed by atoms with Crippen LogP contribution in [0.3, 0.4) is 0 Å². The van der Waals surface area contributed by atoms with Gasteiger partial charge in [0.1, 0.15) is 12.3 Å². The molecule has 3 aromatic rings. The summed E-state index contributed by atoms with van der Waals surface area (Å²) in [5, 5.41) is 11.2. The maximum atomic E-state index is 12.1. The van der Waals surface area contributed by atoms with Crippen LogP contribution in [0.5, 0.6) is 5.75 Å². The van der Waals surface area contributed by atoms with Crippen molar-refractivity contribution in [3.8, 4) is 16.9 Å². The van der Waals surface area contributed by atoms with Crippen molar-refractivity contribution in [3.63, 3.8) is 0 Å². The Hall–Kier alpha value is -2.59. The van der Waals surface area contributed by atoms with E-state index >= 15 is 0 Å². The third kappa shape index (κ3) is 3.05. The minimum absolute atomic E-state index is 0.176. The molecule has 3 rings (SSSR count). The average Bonchev–Trinajstić information content (AvgIpc) is 2.61. The van der Waals surface area contributed by atoms with Gasteiger partial charge in [0, 0.05) is 11.5 Å². The Balaban J connectivity index is 2.25. The van der Waals surface area contributed by atoms with Crippen LogP contribution >= 0.6 is 0 Å². The highest BCUT2D eigenvalue weighted by atomic mass is 16.4. The van der Waals surface area contributed by atoms with Gasteiger partial charge in [-0.15, -0.1) is 0 Å². The highest BCUT2D eigenvalue weighted by Crippen LogP contribution is 2.32. The normalized spacial score (nSPS) is 11.3. The third-order valence-electron chi connectivity index (χ3n) is 4.50. The van der Waals surface area contributed by atoms with Gasteiger partial charge in [0.15, 0.2) is 5.58 Å². The first-order chi connectivity index (χ1) is 11.6. The number of benzene rings is 2. The lowest BCUT2D eigenvalue weighted by molar-refractivity contribution is -0.910. The summed E-state index contributed by atoms with van der Waals surface area (Å²) in [6.45, 7) is 6.71. The highest BCUT2D eigenvalue weighted by molar-refractivity contribution is 5.95. The minimum Gasteiger partial charge on any atom is -0.507 e. The second-order valence-corrected chi connectivity index (χ2v) is 5.92. The topological polar surface area (TPSA) is 54.9 Å². The largest absolute Gasteiger partial charge is 0.507 e. The lowest BCUT2D eigenvalue weighted by Crippen LogP contribution is -3.10. The number of phenols is 1. The summed E-state index contributed by atoms with van der Waals surface area (Å²) in [4.78, 5) is 13.4. The van der Waals surface area contributed by atoms with E-state index in [1.54, 1.807) is 6.07 Å². The average molecular weight is 324 g/mol. The molecule has 0 spiro atoms. The molecule has 4 heteroatoms. The minimum atomic E-state index is -0.400. The predicted molar refractivity (Wildman–Crippen MR) is 95.3 cm³/mol. The SMILES string of the molecule is CC[NH+](CC)Cc1c(O)ccc2c(-c3ccccc3)cc(=O)oc12. The van der Waals surface area contributed by atoms with Crippen molar-refractivity contribution in [2.45, 2.75) is 20.4 Å². The molecule has 24 heavy (non-hydrogen) atoms. The Bertz CT molecular complexity index is 896. The van der Waals surface area contributed by atoms with E-state index in [0.29, 0.717) is 17.7 Å². The number of nitrogens with one attached hydrogen (secondary N) is 1. The molecule has 0 saturated carbocycles. The number of phenolic OH excluding ortho intramolecular Hbond substituents is 1. The molecule has 0 aliphatic carbocycles. The maximum Gasteiger partial charge on any atom is 0.336 e. The molecule has 0 fully saturated rings. The molecular weight excluding hydrogens is 302 g/mol. The molecule has 0 aliphatic rings. The van der Waals surface area contributed by atoms with Gasteiger partial charge in [-0.25, -0.2) is 4.79 Å². The summed E-state index contributed by atoms with van der Waals surface area (Å²) < 4.78 is 5.50. The molecule has 1 heterocycles. The van der Waals surface area contributed by atoms with Crippen LogP contribution < -0.4 is 10.5 Å². The highest BCUT2D eigenvalue weighted by Gasteiger charge is 2.18. The fraction of sp³-hybridized carbons (Fsp3) is 0.250. The van der Waals surface area contributed by atoms with Crippen molar-refractivity contribution >= 4 is 11.0 Å². The Morgan fingerprint density at radius 3 is 2.42 bits per heavy atom. The Labute approximate surface area is 141 Å². The standard InChI is InChI=1S/C20H21NO3/c1-3-21(4-2)13-17-18(22)11-10-15-16(12-19(23)24-20(15)17)14-8-6-5-7-9-14/h5-12,22H,3-4,13H2,1-2H3/p+1. The molecule has 1 aromatic heterocycles. The monoisotopic (exact) mass is 324 g/mol. The number of fused-ring (bicyclic) bond motifs is 1. The van der Waals surface area contributed by atoms with E-state index in [9.17, 15) is 9.90 Å². The van der Waals surface area contributed by atoms with Crippen molar-refractivity contribution in [1.29, 1.82) is 0 Å². The molecule has 0 amide bonds. The predicted octanol–water partition coefficient (Wildman–Crippen LogP) is 2.59. The number of hydrogen-bond acceptors (Lipinski definition) is 3. The molecule has 0 aliphatic heterocycles. The molecule has 0 bridgehead atoms. The second kappa shape index (κ2) is 6.89. The van der Waals surface area contributed by atoms with Crippen molar-refractivity contribution in [2.24, 2.45) is 0 Å². The van der Waals surface area contributed by atoms with E-state index in [0.717, 1.165) is 29.6 Å². The number of quaternary nitrogens is 1. The van der Waals surface area contributed by atoms with E-state index in [1.807, 2.05) is 36.4 Å². The molecular formula is C20H22NO3+. The zero-order valence-electron chi connectivity index (χ0n) is 14.0. The summed E-state index contributed by atoms with van der Waals surface area (Å²) >= 11 is 0. The van der Waals surface area contributed by atoms with E-state index in [1.165, 1.54) is 11.0 Å². The van der Waals surface area contributed by atoms with Crippen LogP contribution in [-0.4, -0.2) is 18.2 Å². The first kappa shape index (κ1) is 16.3. The van der Waals surface area contributed by atoms with Gasteiger partial charge in [0.25, 0.3) is 0 Å². The lowest BCUT2D eigenvalue weighted by Gasteiger charge is -2.17. The van der Waals surface area contributed by atoms with Crippen LogP contribution in [0.15, 0.2) is 57.7 Å². The van der Waals surface area contributed by atoms with E-state index in [4.69, 9.17) is 4.42 Å². The third-order valence-corrected chi connectivity index (χ3v) is 4.50. The molecule has 0 saturated heterocycles. The zero-order valence-corrected chi connectivity index (χ0v) is 14.0. The van der Waals surface area contributed by atoms with Gasteiger partial charge < -0.3 is 14.4 Å². The van der Waals surface area contributed by atoms with E-state index in [2.05, 4.69) is 13.8 Å². The van der Waals surface area contributed by atoms with Gasteiger partial charge in [-0.3, -0.25) is 0 Å². The van der Waals surface area contributed by atoms with Gasteiger partial charge in [-0.05, 0) is 37.1 Å². The fourth-order valence-electron chi connectivity index (χ4n) is 3.05. The van der Waals surface area contributed by atoms with Crippen molar-refractivity contribution in [1.82, 2.24) is 0 Å². The van der Waals surface area contributed by atoms with Crippen molar-refractivity contribution in [3.05, 3.63) is 64.5 Å². The fourth-order valence-corrected chi connectivity index (χ4v) is 3.05. The van der Waals surface area contributed by atoms with Gasteiger partial charge in [0.05, 0.1) is 18.7 Å². The lowest BCUT2D eigenvalue weighted by atomic mass is 9.99. The molecule has 0 radical (unpaired) electrons. The molecule has 4 nitrogen and oxygen atoms in total. The first-order valence-electron chi connectivity index (χ1n) is 8.31. The number of hydrogen-bond donors (Lipinski definition) is 2. The Morgan fingerprint density at radius 2 is 1.75 bits per heavy atom. The van der Waals surface area contributed by atoms with Crippen molar-refractivity contribution in [2.75, 3.05) is 13.1 Å². The second-order valence-electron chi connectivity index (χ2n) is 5.92. The Kier molecular flexibility index (Phi) is 4.67. The smallest absolute Gasteiger partial charge is 0.336 e. The Morgan fingerprint density at radius 1 is 1.04 bits per heavy atom. The number of aromatic hydroxyl groups is 1. The molecule has 0 unspecified atom stereocenters. The van der Waals surface area contributed by atoms with Crippen LogP contribution in [-0.2, 0) is 6.54 Å². The van der Waals surface area contributed by atoms with Gasteiger partial charge in [-0.2, -0.15) is 0 Å². The van der Waals surface area contributed by atoms with E-state index in [-0.39, 0.29) is 5.75 Å². The first-order valence-corrected chi connectivity index (χ1v) is 8.31. The summed E-state index contributed by atoms with van der Waals surface area (Å²) in [7, 11) is 0. The summed E-state index contributed by atoms with van der Waals surface area (Å²) in [5.74, 6) is 0.176. The van der Waals surface area contributed by atoms with Crippen LogP contribution in [0, 0.1) is 0 Å². The molecule has 2 aromatic carbocycles. The van der Waals surface area contributed by atoms with E-state index < -0.39 is 5.63 Å². The van der Waals surface area contributed by atoms with Crippen LogP contribution in [0.4, 0.5) is 0 Å². The van der Waals surface area contributed by atoms with Gasteiger partial charge >= 0.3 is 5.63 Å². The van der Waals surface area contributed by atoms with Crippen molar-refractivity contribution < 1.29 is 14.4 Å². The van der Waals surface area contributed by atoms with Gasteiger partial charge in [0.2, 0.25) is 0 Å². The summed E-state index contributed by atoms with van der Waals surface area (Å²) in [6, 6.07) is 14.8. The number of rotatable bonds is 5. The summed E-state index contributed by atoms with van der Waals surface area (Å²) in [5.41, 5.74) is 2.57. The quantitative estimate of drug-likeness (QED) is 0.709.